The van der Waals surface area contributed by atoms with Crippen LogP contribution in [0.3, 0.4) is 0 Å². The number of anilines is 1. The minimum Gasteiger partial charge on any atom is -0.508 e. The second-order valence-corrected chi connectivity index (χ2v) is 6.16. The second-order valence-electron chi connectivity index (χ2n) is 6.16. The van der Waals surface area contributed by atoms with E-state index in [1.54, 1.807) is 36.5 Å². The van der Waals surface area contributed by atoms with Gasteiger partial charge >= 0.3 is 6.03 Å². The Morgan fingerprint density at radius 3 is 2.72 bits per heavy atom. The van der Waals surface area contributed by atoms with E-state index in [1.165, 1.54) is 0 Å². The number of hydrogen-bond donors (Lipinski definition) is 2. The number of benzene rings is 2. The Hall–Kier alpha value is -3.08. The molecule has 1 aromatic heterocycles. The lowest BCUT2D eigenvalue weighted by Crippen LogP contribution is -2.39. The number of nitrogens with one attached hydrogen (secondary N) is 1. The maximum atomic E-state index is 12.6. The molecule has 1 atom stereocenters. The van der Waals surface area contributed by atoms with Crippen LogP contribution >= 0.6 is 0 Å². The Kier molecular flexibility index (Phi) is 4.84. The van der Waals surface area contributed by atoms with Gasteiger partial charge in [0, 0.05) is 36.3 Å². The van der Waals surface area contributed by atoms with Crippen molar-refractivity contribution in [3.05, 3.63) is 66.5 Å². The number of aromatic nitrogens is 1. The van der Waals surface area contributed by atoms with Gasteiger partial charge in [-0.15, -0.1) is 0 Å². The average molecular weight is 335 g/mol. The molecule has 0 fully saturated rings. The van der Waals surface area contributed by atoms with Crippen molar-refractivity contribution in [2.45, 2.75) is 19.4 Å². The Morgan fingerprint density at radius 2 is 1.96 bits per heavy atom. The molecule has 0 saturated heterocycles. The lowest BCUT2D eigenvalue weighted by molar-refractivity contribution is 0.207. The van der Waals surface area contributed by atoms with Gasteiger partial charge in [0.25, 0.3) is 0 Å². The zero-order valence-corrected chi connectivity index (χ0v) is 14.3. The molecule has 2 aromatic carbocycles. The summed E-state index contributed by atoms with van der Waals surface area (Å²) in [5, 5.41) is 14.3. The first-order valence-electron chi connectivity index (χ1n) is 8.19. The van der Waals surface area contributed by atoms with E-state index in [-0.39, 0.29) is 17.8 Å². The van der Waals surface area contributed by atoms with E-state index in [4.69, 9.17) is 0 Å². The van der Waals surface area contributed by atoms with Crippen molar-refractivity contribution in [2.75, 3.05) is 12.4 Å². The first kappa shape index (κ1) is 16.8. The van der Waals surface area contributed by atoms with E-state index in [2.05, 4.69) is 10.3 Å². The molecule has 3 aromatic rings. The van der Waals surface area contributed by atoms with Crippen molar-refractivity contribution in [3.63, 3.8) is 0 Å². The van der Waals surface area contributed by atoms with E-state index in [1.807, 2.05) is 43.3 Å². The minimum atomic E-state index is -0.157. The highest BCUT2D eigenvalue weighted by atomic mass is 16.3. The number of carbonyl (C=O) groups excluding carboxylic acids is 1. The average Bonchev–Trinajstić information content (AvgIpc) is 2.63. The first-order chi connectivity index (χ1) is 12.0. The number of phenolic OH excluding ortho intramolecular Hbond substituents is 1. The van der Waals surface area contributed by atoms with Gasteiger partial charge in [-0.25, -0.2) is 4.79 Å². The minimum absolute atomic E-state index is 0.0150. The van der Waals surface area contributed by atoms with Gasteiger partial charge in [0.15, 0.2) is 0 Å². The predicted octanol–water partition coefficient (Wildman–Crippen LogP) is 4.04. The fraction of sp³-hybridized carbons (Fsp3) is 0.200. The molecule has 25 heavy (non-hydrogen) atoms. The van der Waals surface area contributed by atoms with Crippen LogP contribution in [-0.2, 0) is 6.42 Å². The van der Waals surface area contributed by atoms with Gasteiger partial charge in [-0.05, 0) is 43.2 Å². The number of carbonyl (C=O) groups is 1. The van der Waals surface area contributed by atoms with Gasteiger partial charge < -0.3 is 15.3 Å². The van der Waals surface area contributed by atoms with Crippen LogP contribution in [0.5, 0.6) is 5.75 Å². The number of likely N-dealkylation sites (N-methyl/N-ethyl adjacent to an activating group) is 1. The zero-order valence-electron chi connectivity index (χ0n) is 14.3. The van der Waals surface area contributed by atoms with Crippen molar-refractivity contribution in [1.82, 2.24) is 9.88 Å². The van der Waals surface area contributed by atoms with E-state index in [0.717, 1.165) is 22.0 Å². The van der Waals surface area contributed by atoms with Gasteiger partial charge in [0.05, 0.1) is 5.69 Å². The SMILES string of the molecule is C[C@H](Cc1ccc(O)cc1)N(C)C(=O)Nc1cccc2cnccc12. The number of amides is 2. The summed E-state index contributed by atoms with van der Waals surface area (Å²) in [6.45, 7) is 2.00. The summed E-state index contributed by atoms with van der Waals surface area (Å²) in [7, 11) is 1.78. The highest BCUT2D eigenvalue weighted by Gasteiger charge is 2.17. The molecule has 0 spiro atoms. The van der Waals surface area contributed by atoms with Crippen LogP contribution in [0.1, 0.15) is 12.5 Å². The number of pyridine rings is 1. The van der Waals surface area contributed by atoms with Crippen molar-refractivity contribution in [2.24, 2.45) is 0 Å². The molecular weight excluding hydrogens is 314 g/mol. The third-order valence-corrected chi connectivity index (χ3v) is 4.37. The van der Waals surface area contributed by atoms with E-state index in [9.17, 15) is 9.90 Å². The van der Waals surface area contributed by atoms with Crippen LogP contribution in [0.25, 0.3) is 10.8 Å². The van der Waals surface area contributed by atoms with Gasteiger partial charge in [-0.1, -0.05) is 24.3 Å². The van der Waals surface area contributed by atoms with E-state index >= 15 is 0 Å². The van der Waals surface area contributed by atoms with Gasteiger partial charge in [-0.2, -0.15) is 0 Å². The molecule has 0 bridgehead atoms. The number of hydrogen-bond acceptors (Lipinski definition) is 3. The number of rotatable bonds is 4. The molecule has 0 saturated carbocycles. The number of fused-ring (bicyclic) bond motifs is 1. The molecule has 0 aliphatic rings. The van der Waals surface area contributed by atoms with Crippen LogP contribution in [0.4, 0.5) is 10.5 Å². The van der Waals surface area contributed by atoms with E-state index in [0.29, 0.717) is 6.42 Å². The standard InChI is InChI=1S/C20H21N3O2/c1-14(12-15-6-8-17(24)9-7-15)23(2)20(25)22-19-5-3-4-16-13-21-11-10-18(16)19/h3-11,13-14,24H,12H2,1-2H3,(H,22,25)/t14-/m1/s1. The molecule has 0 unspecified atom stereocenters. The topological polar surface area (TPSA) is 65.5 Å². The maximum absolute atomic E-state index is 12.6. The van der Waals surface area contributed by atoms with Crippen molar-refractivity contribution < 1.29 is 9.90 Å². The number of urea groups is 1. The molecule has 3 rings (SSSR count). The number of aromatic hydroxyl groups is 1. The molecule has 5 nitrogen and oxygen atoms in total. The fourth-order valence-corrected chi connectivity index (χ4v) is 2.75. The summed E-state index contributed by atoms with van der Waals surface area (Å²) < 4.78 is 0. The summed E-state index contributed by atoms with van der Waals surface area (Å²) in [5.74, 6) is 0.243. The van der Waals surface area contributed by atoms with Crippen molar-refractivity contribution >= 4 is 22.5 Å². The van der Waals surface area contributed by atoms with Gasteiger partial charge in [-0.3, -0.25) is 4.98 Å². The predicted molar refractivity (Wildman–Crippen MR) is 99.8 cm³/mol. The smallest absolute Gasteiger partial charge is 0.321 e. The molecule has 2 N–H and O–H groups in total. The summed E-state index contributed by atoms with van der Waals surface area (Å²) in [6, 6.07) is 14.6. The van der Waals surface area contributed by atoms with Crippen molar-refractivity contribution in [3.8, 4) is 5.75 Å². The normalized spacial score (nSPS) is 11.9. The summed E-state index contributed by atoms with van der Waals surface area (Å²) in [6.07, 6.45) is 4.21. The zero-order chi connectivity index (χ0) is 17.8. The van der Waals surface area contributed by atoms with Gasteiger partial charge in [0.1, 0.15) is 5.75 Å². The third kappa shape index (κ3) is 3.88. The molecule has 0 aliphatic heterocycles. The number of phenols is 1. The molecule has 2 amide bonds. The summed E-state index contributed by atoms with van der Waals surface area (Å²) in [4.78, 5) is 18.4. The molecule has 0 aliphatic carbocycles. The fourth-order valence-electron chi connectivity index (χ4n) is 2.75. The largest absolute Gasteiger partial charge is 0.508 e. The molecule has 0 radical (unpaired) electrons. The van der Waals surface area contributed by atoms with Gasteiger partial charge in [0.2, 0.25) is 0 Å². The first-order valence-corrected chi connectivity index (χ1v) is 8.19. The quantitative estimate of drug-likeness (QED) is 0.756. The monoisotopic (exact) mass is 335 g/mol. The highest BCUT2D eigenvalue weighted by Crippen LogP contribution is 2.22. The van der Waals surface area contributed by atoms with Crippen LogP contribution in [0.2, 0.25) is 0 Å². The Morgan fingerprint density at radius 1 is 1.20 bits per heavy atom. The second kappa shape index (κ2) is 7.21. The van der Waals surface area contributed by atoms with E-state index < -0.39 is 0 Å². The highest BCUT2D eigenvalue weighted by molar-refractivity contribution is 6.01. The molecule has 5 heteroatoms. The van der Waals surface area contributed by atoms with Crippen molar-refractivity contribution in [1.29, 1.82) is 0 Å². The molecule has 1 heterocycles. The summed E-state index contributed by atoms with van der Waals surface area (Å²) in [5.41, 5.74) is 1.84. The maximum Gasteiger partial charge on any atom is 0.321 e. The Labute approximate surface area is 146 Å². The number of nitrogens with zero attached hydrogens (tertiary/aromatic N) is 2. The summed E-state index contributed by atoms with van der Waals surface area (Å²) >= 11 is 0. The van der Waals surface area contributed by atoms with Crippen LogP contribution in [0, 0.1) is 0 Å². The molecule has 128 valence electrons. The van der Waals surface area contributed by atoms with Crippen LogP contribution in [0.15, 0.2) is 60.9 Å². The lowest BCUT2D eigenvalue weighted by Gasteiger charge is -2.25. The van der Waals surface area contributed by atoms with Crippen LogP contribution < -0.4 is 5.32 Å². The van der Waals surface area contributed by atoms with Crippen LogP contribution in [-0.4, -0.2) is 34.1 Å². The Balaban J connectivity index is 1.70. The third-order valence-electron chi connectivity index (χ3n) is 4.37. The Bertz CT molecular complexity index is 872. The molecular formula is C20H21N3O2. The lowest BCUT2D eigenvalue weighted by atomic mass is 10.1.